The van der Waals surface area contributed by atoms with E-state index in [1.807, 2.05) is 0 Å². The number of fused-ring (bicyclic) bond motifs is 2. The quantitative estimate of drug-likeness (QED) is 0.929. The van der Waals surface area contributed by atoms with Gasteiger partial charge in [-0.1, -0.05) is 30.3 Å². The fraction of sp³-hybridized carbons (Fsp3) is 0.429. The van der Waals surface area contributed by atoms with Crippen molar-refractivity contribution in [3.8, 4) is 16.9 Å². The summed E-state index contributed by atoms with van der Waals surface area (Å²) in [7, 11) is 1.77. The van der Waals surface area contributed by atoms with Crippen LogP contribution in [0.5, 0.6) is 5.75 Å². The molecule has 2 aliphatic rings. The Morgan fingerprint density at radius 1 is 1.16 bits per heavy atom. The molecule has 0 aromatic heterocycles. The predicted octanol–water partition coefficient (Wildman–Crippen LogP) is 2.89. The standard InChI is InChI=1S/C21H26N2O2/c1-24-13-11-23-12-14-25-19-15-17-7-9-22-10-8-18(17)20(21(19)23)16-5-3-2-4-6-16/h2-6,15,22H,7-14H2,1H3. The summed E-state index contributed by atoms with van der Waals surface area (Å²) in [5.74, 6) is 1.03. The first-order chi connectivity index (χ1) is 12.4. The monoisotopic (exact) mass is 338 g/mol. The van der Waals surface area contributed by atoms with Crippen LogP contribution in [0.15, 0.2) is 36.4 Å². The number of ether oxygens (including phenoxy) is 2. The summed E-state index contributed by atoms with van der Waals surface area (Å²) in [5, 5.41) is 3.53. The lowest BCUT2D eigenvalue weighted by atomic mass is 9.89. The van der Waals surface area contributed by atoms with Gasteiger partial charge >= 0.3 is 0 Å². The molecule has 132 valence electrons. The topological polar surface area (TPSA) is 33.7 Å². The SMILES string of the molecule is COCCN1CCOc2cc3c(c(-c4ccccc4)c21)CCNCC3. The molecule has 4 heteroatoms. The van der Waals surface area contributed by atoms with E-state index in [2.05, 4.69) is 46.6 Å². The zero-order valence-electron chi connectivity index (χ0n) is 14.9. The minimum atomic E-state index is 0.728. The molecule has 0 amide bonds. The highest BCUT2D eigenvalue weighted by molar-refractivity contribution is 5.87. The summed E-state index contributed by atoms with van der Waals surface area (Å²) >= 11 is 0. The Labute approximate surface area is 149 Å². The predicted molar refractivity (Wildman–Crippen MR) is 102 cm³/mol. The zero-order chi connectivity index (χ0) is 17.1. The van der Waals surface area contributed by atoms with Crippen LogP contribution in [0.2, 0.25) is 0 Å². The van der Waals surface area contributed by atoms with E-state index in [1.54, 1.807) is 7.11 Å². The summed E-state index contributed by atoms with van der Waals surface area (Å²) in [6.07, 6.45) is 2.12. The van der Waals surface area contributed by atoms with Crippen molar-refractivity contribution in [2.45, 2.75) is 12.8 Å². The molecule has 0 fully saturated rings. The van der Waals surface area contributed by atoms with Gasteiger partial charge in [0.15, 0.2) is 0 Å². The molecular weight excluding hydrogens is 312 g/mol. The van der Waals surface area contributed by atoms with Crippen LogP contribution in [0.3, 0.4) is 0 Å². The molecule has 2 aliphatic heterocycles. The minimum Gasteiger partial charge on any atom is -0.490 e. The maximum atomic E-state index is 6.10. The van der Waals surface area contributed by atoms with Crippen LogP contribution in [-0.2, 0) is 17.6 Å². The first-order valence-electron chi connectivity index (χ1n) is 9.20. The second-order valence-corrected chi connectivity index (χ2v) is 6.68. The van der Waals surface area contributed by atoms with E-state index in [1.165, 1.54) is 27.9 Å². The highest BCUT2D eigenvalue weighted by atomic mass is 16.5. The molecule has 0 spiro atoms. The molecule has 25 heavy (non-hydrogen) atoms. The molecule has 1 N–H and O–H groups in total. The van der Waals surface area contributed by atoms with E-state index in [0.29, 0.717) is 0 Å². The Hall–Kier alpha value is -2.04. The fourth-order valence-electron chi connectivity index (χ4n) is 3.95. The van der Waals surface area contributed by atoms with Crippen LogP contribution < -0.4 is 15.0 Å². The molecule has 4 nitrogen and oxygen atoms in total. The van der Waals surface area contributed by atoms with Crippen LogP contribution >= 0.6 is 0 Å². The Morgan fingerprint density at radius 3 is 2.84 bits per heavy atom. The van der Waals surface area contributed by atoms with Gasteiger partial charge in [-0.2, -0.15) is 0 Å². The maximum absolute atomic E-state index is 6.10. The Morgan fingerprint density at radius 2 is 2.00 bits per heavy atom. The molecule has 2 heterocycles. The zero-order valence-corrected chi connectivity index (χ0v) is 14.9. The van der Waals surface area contributed by atoms with Crippen molar-refractivity contribution < 1.29 is 9.47 Å². The van der Waals surface area contributed by atoms with Crippen molar-refractivity contribution in [1.29, 1.82) is 0 Å². The summed E-state index contributed by atoms with van der Waals surface area (Å²) in [4.78, 5) is 2.43. The van der Waals surface area contributed by atoms with Gasteiger partial charge in [0.1, 0.15) is 12.4 Å². The minimum absolute atomic E-state index is 0.728. The average molecular weight is 338 g/mol. The third-order valence-corrected chi connectivity index (χ3v) is 5.15. The average Bonchev–Trinajstić information content (AvgIpc) is 2.90. The number of hydrogen-bond donors (Lipinski definition) is 1. The number of anilines is 1. The van der Waals surface area contributed by atoms with E-state index in [0.717, 1.165) is 58.0 Å². The van der Waals surface area contributed by atoms with Crippen molar-refractivity contribution in [3.05, 3.63) is 47.5 Å². The molecule has 0 unspecified atom stereocenters. The van der Waals surface area contributed by atoms with Gasteiger partial charge in [0, 0.05) is 19.2 Å². The molecular formula is C21H26N2O2. The Bertz CT molecular complexity index is 730. The molecule has 0 bridgehead atoms. The normalized spacial score (nSPS) is 16.6. The number of benzene rings is 2. The Kier molecular flexibility index (Phi) is 4.90. The number of methoxy groups -OCH3 is 1. The molecule has 2 aromatic carbocycles. The second kappa shape index (κ2) is 7.46. The summed E-state index contributed by atoms with van der Waals surface area (Å²) in [6.45, 7) is 5.34. The van der Waals surface area contributed by atoms with Gasteiger partial charge in [-0.3, -0.25) is 0 Å². The molecule has 4 rings (SSSR count). The van der Waals surface area contributed by atoms with Gasteiger partial charge in [0.2, 0.25) is 0 Å². The summed E-state index contributed by atoms with van der Waals surface area (Å²) < 4.78 is 11.4. The van der Waals surface area contributed by atoms with Gasteiger partial charge in [0.25, 0.3) is 0 Å². The van der Waals surface area contributed by atoms with E-state index >= 15 is 0 Å². The van der Waals surface area contributed by atoms with Crippen LogP contribution in [0.1, 0.15) is 11.1 Å². The van der Waals surface area contributed by atoms with Crippen LogP contribution in [0.4, 0.5) is 5.69 Å². The summed E-state index contributed by atoms with van der Waals surface area (Å²) in [5.41, 5.74) is 6.78. The molecule has 0 aliphatic carbocycles. The van der Waals surface area contributed by atoms with Crippen LogP contribution in [0, 0.1) is 0 Å². The van der Waals surface area contributed by atoms with Crippen molar-refractivity contribution >= 4 is 5.69 Å². The van der Waals surface area contributed by atoms with Gasteiger partial charge in [0.05, 0.1) is 18.8 Å². The van der Waals surface area contributed by atoms with Crippen molar-refractivity contribution in [2.24, 2.45) is 0 Å². The van der Waals surface area contributed by atoms with Crippen molar-refractivity contribution in [2.75, 3.05) is 51.4 Å². The molecule has 0 radical (unpaired) electrons. The maximum Gasteiger partial charge on any atom is 0.143 e. The van der Waals surface area contributed by atoms with Gasteiger partial charge in [-0.15, -0.1) is 0 Å². The lowest BCUT2D eigenvalue weighted by Gasteiger charge is -2.35. The second-order valence-electron chi connectivity index (χ2n) is 6.68. The third kappa shape index (κ3) is 3.24. The lowest BCUT2D eigenvalue weighted by Crippen LogP contribution is -2.36. The van der Waals surface area contributed by atoms with E-state index in [4.69, 9.17) is 9.47 Å². The Balaban J connectivity index is 1.91. The van der Waals surface area contributed by atoms with Crippen molar-refractivity contribution in [1.82, 2.24) is 5.32 Å². The smallest absolute Gasteiger partial charge is 0.143 e. The number of hydrogen-bond acceptors (Lipinski definition) is 4. The van der Waals surface area contributed by atoms with Crippen molar-refractivity contribution in [3.63, 3.8) is 0 Å². The molecule has 2 aromatic rings. The first kappa shape index (κ1) is 16.4. The number of nitrogens with one attached hydrogen (secondary N) is 1. The van der Waals surface area contributed by atoms with E-state index < -0.39 is 0 Å². The van der Waals surface area contributed by atoms with E-state index in [9.17, 15) is 0 Å². The van der Waals surface area contributed by atoms with Gasteiger partial charge in [-0.25, -0.2) is 0 Å². The highest BCUT2D eigenvalue weighted by Gasteiger charge is 2.27. The van der Waals surface area contributed by atoms with Gasteiger partial charge < -0.3 is 19.7 Å². The van der Waals surface area contributed by atoms with Crippen LogP contribution in [-0.4, -0.2) is 46.5 Å². The fourth-order valence-corrected chi connectivity index (χ4v) is 3.95. The number of rotatable bonds is 4. The van der Waals surface area contributed by atoms with E-state index in [-0.39, 0.29) is 0 Å². The molecule has 0 atom stereocenters. The molecule has 0 saturated carbocycles. The highest BCUT2D eigenvalue weighted by Crippen LogP contribution is 2.45. The van der Waals surface area contributed by atoms with Crippen LogP contribution in [0.25, 0.3) is 11.1 Å². The number of nitrogens with zero attached hydrogens (tertiary/aromatic N) is 1. The lowest BCUT2D eigenvalue weighted by molar-refractivity contribution is 0.201. The third-order valence-electron chi connectivity index (χ3n) is 5.15. The largest absolute Gasteiger partial charge is 0.490 e. The first-order valence-corrected chi connectivity index (χ1v) is 9.20. The summed E-state index contributed by atoms with van der Waals surface area (Å²) in [6, 6.07) is 13.1. The molecule has 0 saturated heterocycles. The van der Waals surface area contributed by atoms with Gasteiger partial charge in [-0.05, 0) is 48.7 Å².